The van der Waals surface area contributed by atoms with Gasteiger partial charge in [0.25, 0.3) is 0 Å². The quantitative estimate of drug-likeness (QED) is 0.791. The van der Waals surface area contributed by atoms with Crippen LogP contribution in [0, 0.1) is 0 Å². The highest BCUT2D eigenvalue weighted by Gasteiger charge is 2.25. The molecule has 0 saturated carbocycles. The number of rotatable bonds is 7. The van der Waals surface area contributed by atoms with E-state index in [1.165, 1.54) is 10.9 Å². The lowest BCUT2D eigenvalue weighted by Gasteiger charge is -2.32. The van der Waals surface area contributed by atoms with Crippen molar-refractivity contribution in [2.75, 3.05) is 39.5 Å². The van der Waals surface area contributed by atoms with E-state index >= 15 is 0 Å². The first kappa shape index (κ1) is 16.9. The normalized spacial score (nSPS) is 16.0. The van der Waals surface area contributed by atoms with Gasteiger partial charge in [-0.1, -0.05) is 0 Å². The molecule has 1 aliphatic heterocycles. The number of aromatic amines is 1. The molecule has 130 valence electrons. The molecule has 2 aromatic rings. The van der Waals surface area contributed by atoms with Crippen molar-refractivity contribution in [2.45, 2.75) is 25.7 Å². The highest BCUT2D eigenvalue weighted by Crippen LogP contribution is 2.32. The van der Waals surface area contributed by atoms with E-state index in [4.69, 9.17) is 9.47 Å². The topological polar surface area (TPSA) is 67.5 Å². The van der Waals surface area contributed by atoms with E-state index in [1.807, 2.05) is 17.9 Å². The van der Waals surface area contributed by atoms with Crippen molar-refractivity contribution in [3.63, 3.8) is 0 Å². The Hall–Kier alpha value is -1.92. The molecule has 0 atom stereocenters. The Morgan fingerprint density at radius 3 is 2.92 bits per heavy atom. The number of piperidine rings is 1. The van der Waals surface area contributed by atoms with Crippen LogP contribution in [0.3, 0.4) is 0 Å². The van der Waals surface area contributed by atoms with Gasteiger partial charge in [-0.3, -0.25) is 4.79 Å². The van der Waals surface area contributed by atoms with E-state index in [9.17, 15) is 4.79 Å². The molecule has 24 heavy (non-hydrogen) atoms. The van der Waals surface area contributed by atoms with Crippen LogP contribution in [0.25, 0.3) is 11.0 Å². The van der Waals surface area contributed by atoms with Gasteiger partial charge >= 0.3 is 0 Å². The Morgan fingerprint density at radius 2 is 2.12 bits per heavy atom. The fourth-order valence-electron chi connectivity index (χ4n) is 3.27. The van der Waals surface area contributed by atoms with E-state index < -0.39 is 0 Å². The molecule has 1 N–H and O–H groups in total. The standard InChI is InChI=1S/C18H25N3O3/c1-2-23-10-11-24-13-17(22)21-8-5-14(6-9-21)16-12-20-18-15(16)4-3-7-19-18/h3-4,7,12,14H,2,5-6,8-11,13H2,1H3,(H,19,20). The smallest absolute Gasteiger partial charge is 0.248 e. The first-order chi connectivity index (χ1) is 11.8. The number of H-pyrrole nitrogens is 1. The summed E-state index contributed by atoms with van der Waals surface area (Å²) in [6, 6.07) is 4.08. The first-order valence-electron chi connectivity index (χ1n) is 8.65. The van der Waals surface area contributed by atoms with Crippen LogP contribution in [0.4, 0.5) is 0 Å². The van der Waals surface area contributed by atoms with Gasteiger partial charge in [-0.15, -0.1) is 0 Å². The van der Waals surface area contributed by atoms with Crippen LogP contribution in [-0.2, 0) is 14.3 Å². The van der Waals surface area contributed by atoms with E-state index in [0.717, 1.165) is 31.6 Å². The van der Waals surface area contributed by atoms with Crippen molar-refractivity contribution in [2.24, 2.45) is 0 Å². The van der Waals surface area contributed by atoms with Crippen molar-refractivity contribution < 1.29 is 14.3 Å². The lowest BCUT2D eigenvalue weighted by molar-refractivity contribution is -0.137. The number of amides is 1. The number of hydrogen-bond donors (Lipinski definition) is 1. The Kier molecular flexibility index (Phi) is 5.82. The van der Waals surface area contributed by atoms with Gasteiger partial charge in [0, 0.05) is 37.5 Å². The number of fused-ring (bicyclic) bond motifs is 1. The molecular weight excluding hydrogens is 306 g/mol. The maximum Gasteiger partial charge on any atom is 0.248 e. The number of ether oxygens (including phenoxy) is 2. The fourth-order valence-corrected chi connectivity index (χ4v) is 3.27. The lowest BCUT2D eigenvalue weighted by Crippen LogP contribution is -2.40. The monoisotopic (exact) mass is 331 g/mol. The van der Waals surface area contributed by atoms with E-state index in [0.29, 0.717) is 25.7 Å². The molecule has 0 unspecified atom stereocenters. The van der Waals surface area contributed by atoms with Gasteiger partial charge < -0.3 is 19.4 Å². The molecule has 3 rings (SSSR count). The average molecular weight is 331 g/mol. The summed E-state index contributed by atoms with van der Waals surface area (Å²) in [5.41, 5.74) is 2.26. The molecule has 1 amide bonds. The predicted molar refractivity (Wildman–Crippen MR) is 92.0 cm³/mol. The fraction of sp³-hybridized carbons (Fsp3) is 0.556. The Bertz CT molecular complexity index is 662. The van der Waals surface area contributed by atoms with Crippen molar-refractivity contribution >= 4 is 16.9 Å². The SMILES string of the molecule is CCOCCOCC(=O)N1CCC(c2c[nH]c3ncccc23)CC1. The Labute approximate surface area is 142 Å². The number of likely N-dealkylation sites (tertiary alicyclic amines) is 1. The van der Waals surface area contributed by atoms with Gasteiger partial charge in [0.2, 0.25) is 5.91 Å². The van der Waals surface area contributed by atoms with Crippen molar-refractivity contribution in [3.8, 4) is 0 Å². The zero-order valence-electron chi connectivity index (χ0n) is 14.2. The summed E-state index contributed by atoms with van der Waals surface area (Å²) >= 11 is 0. The van der Waals surface area contributed by atoms with Crippen LogP contribution in [0.1, 0.15) is 31.2 Å². The minimum Gasteiger partial charge on any atom is -0.379 e. The molecule has 6 heteroatoms. The lowest BCUT2D eigenvalue weighted by atomic mass is 9.89. The number of carbonyl (C=O) groups is 1. The third-order valence-electron chi connectivity index (χ3n) is 4.57. The molecule has 0 bridgehead atoms. The molecule has 0 radical (unpaired) electrons. The van der Waals surface area contributed by atoms with E-state index in [-0.39, 0.29) is 12.5 Å². The maximum absolute atomic E-state index is 12.2. The van der Waals surface area contributed by atoms with Crippen LogP contribution in [-0.4, -0.2) is 60.3 Å². The molecule has 2 aromatic heterocycles. The second-order valence-corrected chi connectivity index (χ2v) is 6.05. The number of nitrogens with zero attached hydrogens (tertiary/aromatic N) is 2. The van der Waals surface area contributed by atoms with Gasteiger partial charge in [-0.05, 0) is 43.4 Å². The summed E-state index contributed by atoms with van der Waals surface area (Å²) in [4.78, 5) is 21.7. The van der Waals surface area contributed by atoms with E-state index in [1.54, 1.807) is 6.20 Å². The number of pyridine rings is 1. The van der Waals surface area contributed by atoms with Crippen molar-refractivity contribution in [1.82, 2.24) is 14.9 Å². The highest BCUT2D eigenvalue weighted by molar-refractivity contribution is 5.80. The number of hydrogen-bond acceptors (Lipinski definition) is 4. The van der Waals surface area contributed by atoms with Crippen LogP contribution in [0.2, 0.25) is 0 Å². The molecule has 1 saturated heterocycles. The summed E-state index contributed by atoms with van der Waals surface area (Å²) in [6.07, 6.45) is 5.82. The summed E-state index contributed by atoms with van der Waals surface area (Å²) < 4.78 is 10.6. The zero-order chi connectivity index (χ0) is 16.8. The predicted octanol–water partition coefficient (Wildman–Crippen LogP) is 2.32. The van der Waals surface area contributed by atoms with E-state index in [2.05, 4.69) is 22.2 Å². The van der Waals surface area contributed by atoms with Gasteiger partial charge in [0.05, 0.1) is 13.2 Å². The minimum atomic E-state index is 0.0746. The van der Waals surface area contributed by atoms with Crippen molar-refractivity contribution in [3.05, 3.63) is 30.1 Å². The Balaban J connectivity index is 1.48. The maximum atomic E-state index is 12.2. The number of carbonyl (C=O) groups excluding carboxylic acids is 1. The third-order valence-corrected chi connectivity index (χ3v) is 4.57. The molecule has 1 fully saturated rings. The first-order valence-corrected chi connectivity index (χ1v) is 8.65. The molecular formula is C18H25N3O3. The molecule has 6 nitrogen and oxygen atoms in total. The summed E-state index contributed by atoms with van der Waals surface area (Å²) in [5.74, 6) is 0.552. The van der Waals surface area contributed by atoms with Crippen LogP contribution in [0.15, 0.2) is 24.5 Å². The number of nitrogens with one attached hydrogen (secondary N) is 1. The molecule has 1 aliphatic rings. The van der Waals surface area contributed by atoms with Crippen molar-refractivity contribution in [1.29, 1.82) is 0 Å². The summed E-state index contributed by atoms with van der Waals surface area (Å²) in [7, 11) is 0. The molecule has 0 aromatic carbocycles. The zero-order valence-corrected chi connectivity index (χ0v) is 14.2. The molecule has 0 aliphatic carbocycles. The van der Waals surface area contributed by atoms with Gasteiger partial charge in [-0.25, -0.2) is 4.98 Å². The second-order valence-electron chi connectivity index (χ2n) is 6.05. The summed E-state index contributed by atoms with van der Waals surface area (Å²) in [6.45, 7) is 5.34. The summed E-state index contributed by atoms with van der Waals surface area (Å²) in [5, 5.41) is 1.20. The molecule has 0 spiro atoms. The molecule has 3 heterocycles. The largest absolute Gasteiger partial charge is 0.379 e. The number of aromatic nitrogens is 2. The third kappa shape index (κ3) is 3.94. The average Bonchev–Trinajstić information content (AvgIpc) is 3.05. The van der Waals surface area contributed by atoms with Crippen LogP contribution < -0.4 is 0 Å². The second kappa shape index (κ2) is 8.26. The van der Waals surface area contributed by atoms with Gasteiger partial charge in [0.15, 0.2) is 0 Å². The Morgan fingerprint density at radius 1 is 1.33 bits per heavy atom. The van der Waals surface area contributed by atoms with Gasteiger partial charge in [-0.2, -0.15) is 0 Å². The van der Waals surface area contributed by atoms with Crippen LogP contribution >= 0.6 is 0 Å². The minimum absolute atomic E-state index is 0.0746. The van der Waals surface area contributed by atoms with Crippen LogP contribution in [0.5, 0.6) is 0 Å². The van der Waals surface area contributed by atoms with Gasteiger partial charge in [0.1, 0.15) is 12.3 Å². The highest BCUT2D eigenvalue weighted by atomic mass is 16.5.